The quantitative estimate of drug-likeness (QED) is 0.841. The van der Waals surface area contributed by atoms with Gasteiger partial charge in [-0.2, -0.15) is 5.10 Å². The number of carbonyl (C=O) groups excluding carboxylic acids is 1. The molecule has 0 aliphatic heterocycles. The number of hydrogen-bond acceptors (Lipinski definition) is 3. The Hall–Kier alpha value is -1.95. The minimum atomic E-state index is -0.157. The van der Waals surface area contributed by atoms with E-state index in [9.17, 15) is 9.59 Å². The van der Waals surface area contributed by atoms with E-state index in [1.165, 1.54) is 10.7 Å². The number of nitrogens with one attached hydrogen (secondary N) is 1. The van der Waals surface area contributed by atoms with Gasteiger partial charge >= 0.3 is 0 Å². The van der Waals surface area contributed by atoms with Gasteiger partial charge in [0.1, 0.15) is 0 Å². The maximum absolute atomic E-state index is 11.9. The van der Waals surface area contributed by atoms with Crippen LogP contribution < -0.4 is 10.9 Å². The third-order valence-electron chi connectivity index (χ3n) is 3.23. The van der Waals surface area contributed by atoms with Crippen LogP contribution in [0.5, 0.6) is 0 Å². The highest BCUT2D eigenvalue weighted by Crippen LogP contribution is 2.18. The van der Waals surface area contributed by atoms with Crippen molar-refractivity contribution < 1.29 is 4.79 Å². The summed E-state index contributed by atoms with van der Waals surface area (Å²) in [5.74, 6) is -0.00267. The van der Waals surface area contributed by atoms with Gasteiger partial charge < -0.3 is 5.32 Å². The van der Waals surface area contributed by atoms with Crippen LogP contribution in [0.1, 0.15) is 26.7 Å². The number of amides is 1. The van der Waals surface area contributed by atoms with Crippen molar-refractivity contribution in [2.75, 3.05) is 0 Å². The van der Waals surface area contributed by atoms with Gasteiger partial charge in [0.15, 0.2) is 0 Å². The Morgan fingerprint density at radius 3 is 2.57 bits per heavy atom. The second-order valence-electron chi connectivity index (χ2n) is 5.61. The van der Waals surface area contributed by atoms with Gasteiger partial charge in [0.2, 0.25) is 5.91 Å². The van der Waals surface area contributed by atoms with E-state index in [-0.39, 0.29) is 17.5 Å². The molecule has 122 valence electrons. The Kier molecular flexibility index (Phi) is 6.10. The first-order valence-electron chi connectivity index (χ1n) is 7.59. The van der Waals surface area contributed by atoms with Crippen molar-refractivity contribution in [3.05, 3.63) is 51.2 Å². The van der Waals surface area contributed by atoms with Crippen LogP contribution in [0.2, 0.25) is 0 Å². The zero-order chi connectivity index (χ0) is 16.8. The summed E-state index contributed by atoms with van der Waals surface area (Å²) < 4.78 is 2.41. The standard InChI is InChI=1S/C17H20BrN3O2/c1-12(2)19-16(22)4-3-11-21-17(23)10-9-15(20-21)13-5-7-14(18)8-6-13/h5-10,12H,3-4,11H2,1-2H3,(H,19,22). The molecule has 0 radical (unpaired) electrons. The third-order valence-corrected chi connectivity index (χ3v) is 3.76. The van der Waals surface area contributed by atoms with Crippen LogP contribution in [0.15, 0.2) is 45.7 Å². The molecular formula is C17H20BrN3O2. The molecule has 0 aliphatic rings. The Balaban J connectivity index is 2.05. The number of hydrogen-bond donors (Lipinski definition) is 1. The molecule has 1 aromatic carbocycles. The maximum Gasteiger partial charge on any atom is 0.266 e. The summed E-state index contributed by atoms with van der Waals surface area (Å²) in [4.78, 5) is 23.5. The fourth-order valence-electron chi connectivity index (χ4n) is 2.17. The van der Waals surface area contributed by atoms with E-state index in [1.807, 2.05) is 38.1 Å². The van der Waals surface area contributed by atoms with Crippen LogP contribution in [0, 0.1) is 0 Å². The molecule has 0 aliphatic carbocycles. The SMILES string of the molecule is CC(C)NC(=O)CCCn1nc(-c2ccc(Br)cc2)ccc1=O. The van der Waals surface area contributed by atoms with Crippen LogP contribution in [-0.4, -0.2) is 21.7 Å². The Morgan fingerprint density at radius 1 is 1.22 bits per heavy atom. The lowest BCUT2D eigenvalue weighted by Gasteiger charge is -2.09. The van der Waals surface area contributed by atoms with Gasteiger partial charge in [0.05, 0.1) is 5.69 Å². The maximum atomic E-state index is 11.9. The zero-order valence-electron chi connectivity index (χ0n) is 13.3. The van der Waals surface area contributed by atoms with E-state index < -0.39 is 0 Å². The molecule has 0 fully saturated rings. The van der Waals surface area contributed by atoms with Crippen LogP contribution in [-0.2, 0) is 11.3 Å². The number of benzene rings is 1. The molecule has 0 unspecified atom stereocenters. The fourth-order valence-corrected chi connectivity index (χ4v) is 2.43. The molecule has 1 N–H and O–H groups in total. The van der Waals surface area contributed by atoms with E-state index in [4.69, 9.17) is 0 Å². The van der Waals surface area contributed by atoms with E-state index in [0.29, 0.717) is 19.4 Å². The number of aryl methyl sites for hydroxylation is 1. The largest absolute Gasteiger partial charge is 0.354 e. The summed E-state index contributed by atoms with van der Waals surface area (Å²) in [7, 11) is 0. The first-order chi connectivity index (χ1) is 11.0. The van der Waals surface area contributed by atoms with Crippen LogP contribution in [0.25, 0.3) is 11.3 Å². The highest BCUT2D eigenvalue weighted by molar-refractivity contribution is 9.10. The van der Waals surface area contributed by atoms with Gasteiger partial charge in [-0.15, -0.1) is 0 Å². The average molecular weight is 378 g/mol. The van der Waals surface area contributed by atoms with E-state index in [0.717, 1.165) is 15.7 Å². The molecule has 0 spiro atoms. The summed E-state index contributed by atoms with van der Waals surface area (Å²) in [5.41, 5.74) is 1.53. The van der Waals surface area contributed by atoms with Crippen molar-refractivity contribution in [1.29, 1.82) is 0 Å². The Morgan fingerprint density at radius 2 is 1.91 bits per heavy atom. The second-order valence-corrected chi connectivity index (χ2v) is 6.53. The molecule has 0 atom stereocenters. The number of halogens is 1. The van der Waals surface area contributed by atoms with Crippen molar-refractivity contribution in [2.24, 2.45) is 0 Å². The average Bonchev–Trinajstić information content (AvgIpc) is 2.49. The highest BCUT2D eigenvalue weighted by atomic mass is 79.9. The molecule has 1 amide bonds. The minimum Gasteiger partial charge on any atom is -0.354 e. The molecule has 0 saturated carbocycles. The summed E-state index contributed by atoms with van der Waals surface area (Å²) >= 11 is 3.40. The van der Waals surface area contributed by atoms with Gasteiger partial charge in [0, 0.05) is 35.1 Å². The number of nitrogens with zero attached hydrogens (tertiary/aromatic N) is 2. The van der Waals surface area contributed by atoms with Gasteiger partial charge in [-0.05, 0) is 38.5 Å². The van der Waals surface area contributed by atoms with Gasteiger partial charge in [-0.1, -0.05) is 28.1 Å². The minimum absolute atomic E-state index is 0.00267. The topological polar surface area (TPSA) is 64.0 Å². The predicted molar refractivity (Wildman–Crippen MR) is 94.1 cm³/mol. The molecule has 5 nitrogen and oxygen atoms in total. The second kappa shape index (κ2) is 8.06. The number of carbonyl (C=O) groups is 1. The smallest absolute Gasteiger partial charge is 0.266 e. The van der Waals surface area contributed by atoms with Crippen molar-refractivity contribution in [3.8, 4) is 11.3 Å². The monoisotopic (exact) mass is 377 g/mol. The third kappa shape index (κ3) is 5.32. The summed E-state index contributed by atoms with van der Waals surface area (Å²) in [6.45, 7) is 4.27. The molecular weight excluding hydrogens is 358 g/mol. The molecule has 1 aromatic heterocycles. The molecule has 0 saturated heterocycles. The summed E-state index contributed by atoms with van der Waals surface area (Å²) in [5, 5.41) is 7.22. The molecule has 2 rings (SSSR count). The van der Waals surface area contributed by atoms with E-state index >= 15 is 0 Å². The van der Waals surface area contributed by atoms with Crippen molar-refractivity contribution >= 4 is 21.8 Å². The molecule has 1 heterocycles. The summed E-state index contributed by atoms with van der Waals surface area (Å²) in [6, 6.07) is 11.1. The van der Waals surface area contributed by atoms with Gasteiger partial charge in [-0.3, -0.25) is 9.59 Å². The van der Waals surface area contributed by atoms with Crippen LogP contribution in [0.4, 0.5) is 0 Å². The van der Waals surface area contributed by atoms with Crippen LogP contribution >= 0.6 is 15.9 Å². The first-order valence-corrected chi connectivity index (χ1v) is 8.38. The van der Waals surface area contributed by atoms with Gasteiger partial charge in [0.25, 0.3) is 5.56 Å². The molecule has 2 aromatic rings. The lowest BCUT2D eigenvalue weighted by atomic mass is 10.1. The molecule has 6 heteroatoms. The molecule has 0 bridgehead atoms. The Bertz CT molecular complexity index is 723. The fraction of sp³-hybridized carbons (Fsp3) is 0.353. The van der Waals surface area contributed by atoms with Crippen molar-refractivity contribution in [3.63, 3.8) is 0 Å². The molecule has 23 heavy (non-hydrogen) atoms. The van der Waals surface area contributed by atoms with E-state index in [2.05, 4.69) is 26.3 Å². The number of rotatable bonds is 6. The zero-order valence-corrected chi connectivity index (χ0v) is 14.8. The van der Waals surface area contributed by atoms with E-state index in [1.54, 1.807) is 6.07 Å². The van der Waals surface area contributed by atoms with Crippen molar-refractivity contribution in [2.45, 2.75) is 39.3 Å². The number of aromatic nitrogens is 2. The lowest BCUT2D eigenvalue weighted by molar-refractivity contribution is -0.121. The summed E-state index contributed by atoms with van der Waals surface area (Å²) in [6.07, 6.45) is 0.962. The normalized spacial score (nSPS) is 10.8. The van der Waals surface area contributed by atoms with Crippen molar-refractivity contribution in [1.82, 2.24) is 15.1 Å². The first kappa shape index (κ1) is 17.4. The Labute approximate surface area is 143 Å². The highest BCUT2D eigenvalue weighted by Gasteiger charge is 2.06. The van der Waals surface area contributed by atoms with Gasteiger partial charge in [-0.25, -0.2) is 4.68 Å². The van der Waals surface area contributed by atoms with Crippen LogP contribution in [0.3, 0.4) is 0 Å². The lowest BCUT2D eigenvalue weighted by Crippen LogP contribution is -2.30. The predicted octanol–water partition coefficient (Wildman–Crippen LogP) is 2.98.